The molecular weight excluding hydrogens is 230 g/mol. The molecule has 18 heavy (non-hydrogen) atoms. The smallest absolute Gasteiger partial charge is 0.295 e. The van der Waals surface area contributed by atoms with Gasteiger partial charge in [-0.1, -0.05) is 30.3 Å². The van der Waals surface area contributed by atoms with E-state index >= 15 is 0 Å². The first-order chi connectivity index (χ1) is 8.72. The fourth-order valence-corrected chi connectivity index (χ4v) is 2.08. The number of benzene rings is 1. The molecule has 0 amide bonds. The number of nitrogens with zero attached hydrogens (tertiary/aromatic N) is 1. The van der Waals surface area contributed by atoms with Gasteiger partial charge in [0.2, 0.25) is 6.23 Å². The van der Waals surface area contributed by atoms with Crippen molar-refractivity contribution in [3.8, 4) is 0 Å². The zero-order valence-corrected chi connectivity index (χ0v) is 10.2. The highest BCUT2D eigenvalue weighted by atomic mass is 16.5. The molecule has 0 bridgehead atoms. The third-order valence-electron chi connectivity index (χ3n) is 2.98. The standard InChI is InChI=1S/C14H15NO3/c1-11-9-13(17)7-8-15(11)14(18-10-16)12-5-3-2-4-6-12/h2-8,10-11,14H,9H2,1H3. The molecule has 0 saturated heterocycles. The molecule has 2 atom stereocenters. The van der Waals surface area contributed by atoms with Crippen molar-refractivity contribution in [3.05, 3.63) is 48.2 Å². The highest BCUT2D eigenvalue weighted by Gasteiger charge is 2.27. The third-order valence-corrected chi connectivity index (χ3v) is 2.98. The number of hydrogen-bond donors (Lipinski definition) is 0. The van der Waals surface area contributed by atoms with Crippen LogP contribution in [0.15, 0.2) is 42.6 Å². The van der Waals surface area contributed by atoms with Crippen LogP contribution >= 0.6 is 0 Å². The number of ketones is 1. The molecule has 0 spiro atoms. The summed E-state index contributed by atoms with van der Waals surface area (Å²) in [5.41, 5.74) is 0.885. The van der Waals surface area contributed by atoms with Gasteiger partial charge in [-0.05, 0) is 13.0 Å². The quantitative estimate of drug-likeness (QED) is 0.761. The van der Waals surface area contributed by atoms with Crippen molar-refractivity contribution < 1.29 is 14.3 Å². The zero-order valence-electron chi connectivity index (χ0n) is 10.2. The van der Waals surface area contributed by atoms with Crippen LogP contribution in [0, 0.1) is 0 Å². The largest absolute Gasteiger partial charge is 0.439 e. The SMILES string of the molecule is CC1CC(=O)C=CN1C(OC=O)c1ccccc1. The average Bonchev–Trinajstić information content (AvgIpc) is 2.38. The summed E-state index contributed by atoms with van der Waals surface area (Å²) >= 11 is 0. The molecular formula is C14H15NO3. The maximum atomic E-state index is 11.3. The molecule has 1 aliphatic heterocycles. The Bertz CT molecular complexity index is 455. The van der Waals surface area contributed by atoms with Gasteiger partial charge in [-0.25, -0.2) is 0 Å². The fourth-order valence-electron chi connectivity index (χ4n) is 2.08. The first kappa shape index (κ1) is 12.4. The van der Waals surface area contributed by atoms with Crippen LogP contribution in [-0.2, 0) is 14.3 Å². The zero-order chi connectivity index (χ0) is 13.0. The van der Waals surface area contributed by atoms with Gasteiger partial charge in [-0.3, -0.25) is 9.59 Å². The van der Waals surface area contributed by atoms with Crippen LogP contribution in [0.25, 0.3) is 0 Å². The molecule has 1 heterocycles. The van der Waals surface area contributed by atoms with E-state index in [2.05, 4.69) is 0 Å². The number of ether oxygens (including phenoxy) is 1. The normalized spacial score (nSPS) is 20.6. The first-order valence-electron chi connectivity index (χ1n) is 5.85. The van der Waals surface area contributed by atoms with Crippen molar-refractivity contribution in [2.45, 2.75) is 25.6 Å². The summed E-state index contributed by atoms with van der Waals surface area (Å²) in [6, 6.07) is 9.48. The summed E-state index contributed by atoms with van der Waals surface area (Å²) in [6.45, 7) is 2.38. The van der Waals surface area contributed by atoms with E-state index in [-0.39, 0.29) is 11.8 Å². The van der Waals surface area contributed by atoms with Crippen molar-refractivity contribution in [3.63, 3.8) is 0 Å². The van der Waals surface area contributed by atoms with E-state index in [0.717, 1.165) is 5.56 Å². The van der Waals surface area contributed by atoms with Gasteiger partial charge >= 0.3 is 0 Å². The monoisotopic (exact) mass is 245 g/mol. The summed E-state index contributed by atoms with van der Waals surface area (Å²) in [4.78, 5) is 23.9. The predicted octanol–water partition coefficient (Wildman–Crippen LogP) is 2.04. The fraction of sp³-hybridized carbons (Fsp3) is 0.286. The molecule has 0 saturated carbocycles. The van der Waals surface area contributed by atoms with E-state index in [1.54, 1.807) is 6.20 Å². The molecule has 0 aromatic heterocycles. The molecule has 0 radical (unpaired) electrons. The van der Waals surface area contributed by atoms with Gasteiger partial charge in [0.05, 0.1) is 0 Å². The summed E-state index contributed by atoms with van der Waals surface area (Å²) in [5, 5.41) is 0. The van der Waals surface area contributed by atoms with E-state index in [0.29, 0.717) is 12.9 Å². The number of carbonyl (C=O) groups is 2. The molecule has 0 aliphatic carbocycles. The highest BCUT2D eigenvalue weighted by Crippen LogP contribution is 2.27. The molecule has 4 heteroatoms. The average molecular weight is 245 g/mol. The van der Waals surface area contributed by atoms with Crippen molar-refractivity contribution >= 4 is 12.3 Å². The second-order valence-corrected chi connectivity index (χ2v) is 4.28. The minimum absolute atomic E-state index is 0.00709. The lowest BCUT2D eigenvalue weighted by atomic mass is 10.0. The summed E-state index contributed by atoms with van der Waals surface area (Å²) < 4.78 is 5.16. The molecule has 0 N–H and O–H groups in total. The van der Waals surface area contributed by atoms with E-state index < -0.39 is 6.23 Å². The number of allylic oxidation sites excluding steroid dienone is 1. The van der Waals surface area contributed by atoms with E-state index in [9.17, 15) is 9.59 Å². The van der Waals surface area contributed by atoms with Crippen molar-refractivity contribution in [2.75, 3.05) is 0 Å². The molecule has 1 aromatic rings. The Hall–Kier alpha value is -2.10. The topological polar surface area (TPSA) is 46.6 Å². The highest BCUT2D eigenvalue weighted by molar-refractivity contribution is 5.90. The summed E-state index contributed by atoms with van der Waals surface area (Å²) in [5.74, 6) is 0.0941. The van der Waals surface area contributed by atoms with Gasteiger partial charge in [0.25, 0.3) is 6.47 Å². The third kappa shape index (κ3) is 2.59. The second-order valence-electron chi connectivity index (χ2n) is 4.28. The van der Waals surface area contributed by atoms with Crippen LogP contribution < -0.4 is 0 Å². The van der Waals surface area contributed by atoms with E-state index in [1.807, 2.05) is 42.2 Å². The molecule has 1 aromatic carbocycles. The Morgan fingerprint density at radius 3 is 2.72 bits per heavy atom. The van der Waals surface area contributed by atoms with E-state index in [4.69, 9.17) is 4.74 Å². The van der Waals surface area contributed by atoms with Gasteiger partial charge in [-0.15, -0.1) is 0 Å². The maximum Gasteiger partial charge on any atom is 0.295 e. The lowest BCUT2D eigenvalue weighted by Crippen LogP contribution is -2.37. The van der Waals surface area contributed by atoms with E-state index in [1.165, 1.54) is 6.08 Å². The summed E-state index contributed by atoms with van der Waals surface area (Å²) in [7, 11) is 0. The molecule has 1 aliphatic rings. The molecule has 2 rings (SSSR count). The molecule has 0 fully saturated rings. The second kappa shape index (κ2) is 5.49. The minimum Gasteiger partial charge on any atom is -0.439 e. The van der Waals surface area contributed by atoms with Crippen LogP contribution in [0.1, 0.15) is 25.1 Å². The lowest BCUT2D eigenvalue weighted by molar-refractivity contribution is -0.144. The molecule has 2 unspecified atom stereocenters. The van der Waals surface area contributed by atoms with Crippen molar-refractivity contribution in [2.24, 2.45) is 0 Å². The van der Waals surface area contributed by atoms with Crippen LogP contribution in [0.2, 0.25) is 0 Å². The number of carbonyl (C=O) groups excluding carboxylic acids is 2. The predicted molar refractivity (Wildman–Crippen MR) is 66.4 cm³/mol. The van der Waals surface area contributed by atoms with Gasteiger partial charge in [0, 0.05) is 24.2 Å². The van der Waals surface area contributed by atoms with Gasteiger partial charge in [-0.2, -0.15) is 0 Å². The van der Waals surface area contributed by atoms with Gasteiger partial charge in [0.15, 0.2) is 5.78 Å². The first-order valence-corrected chi connectivity index (χ1v) is 5.85. The van der Waals surface area contributed by atoms with Crippen LogP contribution in [0.5, 0.6) is 0 Å². The Morgan fingerprint density at radius 1 is 1.39 bits per heavy atom. The number of rotatable bonds is 4. The number of hydrogen-bond acceptors (Lipinski definition) is 4. The lowest BCUT2D eigenvalue weighted by Gasteiger charge is -2.35. The van der Waals surface area contributed by atoms with Crippen LogP contribution in [-0.4, -0.2) is 23.2 Å². The summed E-state index contributed by atoms with van der Waals surface area (Å²) in [6.07, 6.45) is 3.16. The van der Waals surface area contributed by atoms with Crippen molar-refractivity contribution in [1.82, 2.24) is 4.90 Å². The minimum atomic E-state index is -0.483. The molecule has 94 valence electrons. The van der Waals surface area contributed by atoms with Crippen LogP contribution in [0.4, 0.5) is 0 Å². The van der Waals surface area contributed by atoms with Crippen LogP contribution in [0.3, 0.4) is 0 Å². The van der Waals surface area contributed by atoms with Gasteiger partial charge in [0.1, 0.15) is 0 Å². The Labute approximate surface area is 106 Å². The molecule has 4 nitrogen and oxygen atoms in total. The van der Waals surface area contributed by atoms with Crippen molar-refractivity contribution in [1.29, 1.82) is 0 Å². The Balaban J connectivity index is 2.28. The Kier molecular flexibility index (Phi) is 3.77. The Morgan fingerprint density at radius 2 is 2.11 bits per heavy atom. The maximum absolute atomic E-state index is 11.3. The van der Waals surface area contributed by atoms with Gasteiger partial charge < -0.3 is 9.64 Å².